The largest absolute Gasteiger partial charge is 0.394 e. The second kappa shape index (κ2) is 16.6. The van der Waals surface area contributed by atoms with Crippen molar-refractivity contribution in [2.45, 2.75) is 130 Å². The topological polar surface area (TPSA) is 318 Å². The molecule has 19 heteroatoms. The van der Waals surface area contributed by atoms with E-state index in [-0.39, 0.29) is 50.4 Å². The average molecular weight is 672 g/mol. The first-order valence-corrected chi connectivity index (χ1v) is 17.3. The Hall–Kier alpha value is -0.690. The Balaban J connectivity index is 1.54. The van der Waals surface area contributed by atoms with Gasteiger partial charge in [-0.2, -0.15) is 0 Å². The number of aliphatic hydroxyl groups is 3. The zero-order valence-corrected chi connectivity index (χ0v) is 26.2. The van der Waals surface area contributed by atoms with E-state index in [9.17, 15) is 23.7 Å². The first kappa shape index (κ1) is 37.1. The van der Waals surface area contributed by atoms with E-state index < -0.39 is 96.3 Å². The molecule has 0 amide bonds. The third-order valence-corrected chi connectivity index (χ3v) is 10.3. The van der Waals surface area contributed by atoms with Crippen molar-refractivity contribution in [2.75, 3.05) is 32.0 Å². The highest BCUT2D eigenvalue weighted by molar-refractivity contribution is 7.89. The van der Waals surface area contributed by atoms with Gasteiger partial charge in [-0.1, -0.05) is 0 Å². The van der Waals surface area contributed by atoms with Crippen LogP contribution in [0.15, 0.2) is 0 Å². The van der Waals surface area contributed by atoms with Gasteiger partial charge in [-0.15, -0.1) is 0 Å². The number of hydrogen-bond acceptors (Lipinski definition) is 17. The van der Waals surface area contributed by atoms with Gasteiger partial charge in [0.15, 0.2) is 18.9 Å². The molecule has 0 unspecified atom stereocenters. The van der Waals surface area contributed by atoms with Crippen LogP contribution in [-0.4, -0.2) is 148 Å². The zero-order chi connectivity index (χ0) is 32.9. The number of nitrogens with two attached hydrogens (primary N) is 6. The fourth-order valence-electron chi connectivity index (χ4n) is 6.21. The van der Waals surface area contributed by atoms with E-state index in [4.69, 9.17) is 62.8 Å². The van der Waals surface area contributed by atoms with Crippen molar-refractivity contribution in [2.24, 2.45) is 34.4 Å². The summed E-state index contributed by atoms with van der Waals surface area (Å²) in [4.78, 5) is 0. The number of nitrogens with one attached hydrogen (secondary N) is 1. The minimum atomic E-state index is -3.84. The summed E-state index contributed by atoms with van der Waals surface area (Å²) < 4.78 is 63.9. The van der Waals surface area contributed by atoms with Crippen molar-refractivity contribution in [1.29, 1.82) is 0 Å². The molecule has 3 aliphatic heterocycles. The summed E-state index contributed by atoms with van der Waals surface area (Å²) in [7, 11) is -3.84. The predicted molar refractivity (Wildman–Crippen MR) is 159 cm³/mol. The van der Waals surface area contributed by atoms with Crippen LogP contribution in [0.1, 0.15) is 38.5 Å². The Kier molecular flexibility index (Phi) is 13.7. The molecule has 0 aromatic carbocycles. The van der Waals surface area contributed by atoms with Gasteiger partial charge in [-0.05, 0) is 45.1 Å². The van der Waals surface area contributed by atoms with Gasteiger partial charge in [0, 0.05) is 19.1 Å². The van der Waals surface area contributed by atoms with Crippen molar-refractivity contribution in [3.63, 3.8) is 0 Å². The second-order valence-corrected chi connectivity index (χ2v) is 14.2. The molecular weight excluding hydrogens is 618 g/mol. The molecule has 4 fully saturated rings. The minimum absolute atomic E-state index is 0.0197. The number of rotatable bonds is 14. The van der Waals surface area contributed by atoms with Gasteiger partial charge in [0.1, 0.15) is 30.5 Å². The highest BCUT2D eigenvalue weighted by atomic mass is 32.2. The molecule has 1 aliphatic carbocycles. The van der Waals surface area contributed by atoms with Crippen LogP contribution >= 0.6 is 0 Å². The van der Waals surface area contributed by atoms with E-state index in [0.29, 0.717) is 25.7 Å². The summed E-state index contributed by atoms with van der Waals surface area (Å²) in [6.45, 7) is 0.108. The fraction of sp³-hybridized carbons (Fsp3) is 1.00. The third-order valence-electron chi connectivity index (χ3n) is 8.84. The van der Waals surface area contributed by atoms with Gasteiger partial charge in [-0.3, -0.25) is 0 Å². The molecular formula is C26H53N7O11S. The monoisotopic (exact) mass is 671 g/mol. The SMILES string of the molecule is NCCCS(=O)(=O)N[C@@H]1C[C@H](N)[C@@H](O[C@H]2O[C@H](CN)CC[C@H]2N)[C@H](O[C@@H]2O[C@H](CO)[C@@H](O[C@H]3O[C@@H](CN)CC[C@H]3N)[C@H]2O)[C@H]1O. The third kappa shape index (κ3) is 9.27. The van der Waals surface area contributed by atoms with Gasteiger partial charge in [-0.25, -0.2) is 13.1 Å². The summed E-state index contributed by atoms with van der Waals surface area (Å²) in [5.74, 6) is -0.253. The zero-order valence-electron chi connectivity index (χ0n) is 25.4. The van der Waals surface area contributed by atoms with E-state index in [1.807, 2.05) is 0 Å². The van der Waals surface area contributed by atoms with Crippen LogP contribution in [0.5, 0.6) is 0 Å². The highest BCUT2D eigenvalue weighted by Gasteiger charge is 2.53. The van der Waals surface area contributed by atoms with Crippen molar-refractivity contribution in [3.05, 3.63) is 0 Å². The number of sulfonamides is 1. The molecule has 4 rings (SSSR count). The van der Waals surface area contributed by atoms with Crippen molar-refractivity contribution < 1.29 is 52.2 Å². The molecule has 0 spiro atoms. The molecule has 16 N–H and O–H groups in total. The van der Waals surface area contributed by atoms with Crippen molar-refractivity contribution in [3.8, 4) is 0 Å². The Labute approximate surface area is 263 Å². The van der Waals surface area contributed by atoms with E-state index in [2.05, 4.69) is 4.72 Å². The Morgan fingerprint density at radius 2 is 1.29 bits per heavy atom. The lowest BCUT2D eigenvalue weighted by molar-refractivity contribution is -0.288. The minimum Gasteiger partial charge on any atom is -0.394 e. The van der Waals surface area contributed by atoms with E-state index in [1.54, 1.807) is 0 Å². The molecule has 0 aromatic heterocycles. The molecule has 3 heterocycles. The van der Waals surface area contributed by atoms with E-state index in [0.717, 1.165) is 0 Å². The maximum atomic E-state index is 12.7. The molecule has 15 atom stereocenters. The van der Waals surface area contributed by atoms with Crippen molar-refractivity contribution >= 4 is 10.0 Å². The Morgan fingerprint density at radius 1 is 0.733 bits per heavy atom. The van der Waals surface area contributed by atoms with Crippen LogP contribution in [0.3, 0.4) is 0 Å². The number of ether oxygens (including phenoxy) is 6. The normalized spacial score (nSPS) is 44.7. The van der Waals surface area contributed by atoms with Crippen LogP contribution in [-0.2, 0) is 38.4 Å². The number of aliphatic hydroxyl groups excluding tert-OH is 3. The molecule has 4 aliphatic rings. The fourth-order valence-corrected chi connectivity index (χ4v) is 7.57. The Bertz CT molecular complexity index is 1020. The molecule has 0 aromatic rings. The lowest BCUT2D eigenvalue weighted by atomic mass is 9.84. The molecule has 0 bridgehead atoms. The summed E-state index contributed by atoms with van der Waals surface area (Å²) in [5.41, 5.74) is 36.0. The van der Waals surface area contributed by atoms with Gasteiger partial charge in [0.05, 0.1) is 48.8 Å². The highest BCUT2D eigenvalue weighted by Crippen LogP contribution is 2.34. The van der Waals surface area contributed by atoms with Gasteiger partial charge >= 0.3 is 0 Å². The van der Waals surface area contributed by atoms with Gasteiger partial charge in [0.2, 0.25) is 10.0 Å². The molecule has 0 radical (unpaired) electrons. The summed E-state index contributed by atoms with van der Waals surface area (Å²) in [6.07, 6.45) is -8.95. The molecule has 3 saturated heterocycles. The number of hydrogen-bond donors (Lipinski definition) is 10. The molecule has 1 saturated carbocycles. The lowest BCUT2D eigenvalue weighted by Crippen LogP contribution is -2.66. The van der Waals surface area contributed by atoms with Gasteiger partial charge < -0.3 is 78.1 Å². The first-order chi connectivity index (χ1) is 21.4. The summed E-state index contributed by atoms with van der Waals surface area (Å²) in [5, 5.41) is 32.9. The first-order valence-electron chi connectivity index (χ1n) is 15.7. The lowest BCUT2D eigenvalue weighted by Gasteiger charge is -2.46. The van der Waals surface area contributed by atoms with Crippen LogP contribution in [0.4, 0.5) is 0 Å². The quantitative estimate of drug-likeness (QED) is 0.0823. The van der Waals surface area contributed by atoms with Crippen LogP contribution in [0.25, 0.3) is 0 Å². The van der Waals surface area contributed by atoms with E-state index in [1.165, 1.54) is 0 Å². The Morgan fingerprint density at radius 3 is 1.82 bits per heavy atom. The summed E-state index contributed by atoms with van der Waals surface area (Å²) >= 11 is 0. The van der Waals surface area contributed by atoms with Gasteiger partial charge in [0.25, 0.3) is 0 Å². The van der Waals surface area contributed by atoms with E-state index >= 15 is 0 Å². The standard InChI is InChI=1S/C26H53N7O11S/c27-6-1-7-45(37,38)33-17-8-16(32)21(42-24-14(30)4-2-12(9-28)39-24)23(19(17)35)44-26-20(36)22(18(11-34)41-26)43-25-15(31)5-3-13(10-29)40-25/h12-26,33-36H,1-11,27-32H2/t12-,13+,14+,15+,16-,17+,18+,19-,20+,21+,22+,23+,24+,25+,26-/m0/s1. The summed E-state index contributed by atoms with van der Waals surface area (Å²) in [6, 6.07) is -3.00. The maximum Gasteiger partial charge on any atom is 0.211 e. The average Bonchev–Trinajstić information content (AvgIpc) is 3.31. The second-order valence-electron chi connectivity index (χ2n) is 12.3. The van der Waals surface area contributed by atoms with Crippen LogP contribution < -0.4 is 39.1 Å². The molecule has 264 valence electrons. The maximum absolute atomic E-state index is 12.7. The molecule has 18 nitrogen and oxygen atoms in total. The predicted octanol–water partition coefficient (Wildman–Crippen LogP) is -5.47. The van der Waals surface area contributed by atoms with Crippen LogP contribution in [0.2, 0.25) is 0 Å². The molecule has 45 heavy (non-hydrogen) atoms. The van der Waals surface area contributed by atoms with Crippen LogP contribution in [0, 0.1) is 0 Å². The smallest absolute Gasteiger partial charge is 0.211 e. The van der Waals surface area contributed by atoms with Crippen molar-refractivity contribution in [1.82, 2.24) is 4.72 Å².